The van der Waals surface area contributed by atoms with E-state index >= 15 is 0 Å². The van der Waals surface area contributed by atoms with Crippen LogP contribution >= 0.6 is 0 Å². The molecule has 1 aliphatic rings. The van der Waals surface area contributed by atoms with Gasteiger partial charge in [-0.1, -0.05) is 74.5 Å². The Morgan fingerprint density at radius 1 is 0.871 bits per heavy atom. The number of nitrogens with one attached hydrogen (secondary N) is 2. The molecule has 5 nitrogen and oxygen atoms in total. The van der Waals surface area contributed by atoms with Gasteiger partial charge in [0.05, 0.1) is 17.4 Å². The molecule has 0 amide bonds. The van der Waals surface area contributed by atoms with E-state index in [4.69, 9.17) is 4.99 Å². The second-order valence-electron chi connectivity index (χ2n) is 7.99. The molecule has 5 rings (SSSR count). The lowest BCUT2D eigenvalue weighted by Crippen LogP contribution is -2.25. The molecule has 0 spiro atoms. The van der Waals surface area contributed by atoms with Crippen LogP contribution in [-0.4, -0.2) is 15.6 Å². The van der Waals surface area contributed by atoms with E-state index in [0.29, 0.717) is 5.92 Å². The average molecular weight is 408 g/mol. The minimum absolute atomic E-state index is 0.209. The van der Waals surface area contributed by atoms with Crippen molar-refractivity contribution in [2.24, 2.45) is 4.99 Å². The first-order valence-corrected chi connectivity index (χ1v) is 10.6. The third-order valence-electron chi connectivity index (χ3n) is 5.51. The Labute approximate surface area is 182 Å². The predicted molar refractivity (Wildman–Crippen MR) is 127 cm³/mol. The topological polar surface area (TPSA) is 54.2 Å². The van der Waals surface area contributed by atoms with Gasteiger partial charge in [0.1, 0.15) is 17.8 Å². The number of amidine groups is 1. The third-order valence-corrected chi connectivity index (χ3v) is 5.51. The van der Waals surface area contributed by atoms with Crippen molar-refractivity contribution in [2.75, 3.05) is 10.6 Å². The van der Waals surface area contributed by atoms with Gasteiger partial charge < -0.3 is 10.6 Å². The molecule has 5 heteroatoms. The van der Waals surface area contributed by atoms with Gasteiger partial charge in [-0.3, -0.25) is 0 Å². The van der Waals surface area contributed by atoms with Crippen molar-refractivity contribution in [1.29, 1.82) is 0 Å². The van der Waals surface area contributed by atoms with Gasteiger partial charge in [0, 0.05) is 5.69 Å². The van der Waals surface area contributed by atoms with E-state index in [1.165, 1.54) is 5.56 Å². The van der Waals surface area contributed by atoms with Crippen LogP contribution in [0.25, 0.3) is 5.69 Å². The van der Waals surface area contributed by atoms with E-state index in [0.717, 1.165) is 34.2 Å². The summed E-state index contributed by atoms with van der Waals surface area (Å²) < 4.78 is 1.94. The largest absolute Gasteiger partial charge is 0.344 e. The second kappa shape index (κ2) is 8.11. The normalized spacial score (nSPS) is 15.2. The van der Waals surface area contributed by atoms with E-state index in [-0.39, 0.29) is 6.17 Å². The van der Waals surface area contributed by atoms with Crippen molar-refractivity contribution >= 4 is 17.3 Å². The maximum atomic E-state index is 5.01. The van der Waals surface area contributed by atoms with E-state index in [9.17, 15) is 0 Å². The van der Waals surface area contributed by atoms with Gasteiger partial charge in [0.15, 0.2) is 0 Å². The lowest BCUT2D eigenvalue weighted by atomic mass is 10.0. The van der Waals surface area contributed by atoms with Crippen LogP contribution in [0.1, 0.15) is 42.6 Å². The van der Waals surface area contributed by atoms with Crippen molar-refractivity contribution in [2.45, 2.75) is 25.9 Å². The summed E-state index contributed by atoms with van der Waals surface area (Å²) in [5.41, 5.74) is 5.38. The monoisotopic (exact) mass is 407 g/mol. The summed E-state index contributed by atoms with van der Waals surface area (Å²) in [7, 11) is 0. The third kappa shape index (κ3) is 3.82. The van der Waals surface area contributed by atoms with Crippen LogP contribution in [0, 0.1) is 0 Å². The number of hydrogen-bond donors (Lipinski definition) is 2. The highest BCUT2D eigenvalue weighted by molar-refractivity contribution is 6.12. The Hall–Kier alpha value is -3.86. The Morgan fingerprint density at radius 2 is 1.55 bits per heavy atom. The second-order valence-corrected chi connectivity index (χ2v) is 7.99. The summed E-state index contributed by atoms with van der Waals surface area (Å²) in [5, 5.41) is 11.7. The van der Waals surface area contributed by atoms with Gasteiger partial charge in [0.2, 0.25) is 0 Å². The van der Waals surface area contributed by atoms with Gasteiger partial charge in [-0.05, 0) is 41.3 Å². The molecule has 1 aliphatic heterocycles. The molecule has 1 atom stereocenters. The van der Waals surface area contributed by atoms with Crippen LogP contribution in [0.3, 0.4) is 0 Å². The number of benzene rings is 3. The SMILES string of the molecule is CC(C)c1ccc([C@@H]2N=C(Nc3ccccc3)c3cnn(-c4ccccc4)c3N2)cc1. The van der Waals surface area contributed by atoms with Crippen LogP contribution in [0.15, 0.2) is 96.1 Å². The quantitative estimate of drug-likeness (QED) is 0.438. The minimum Gasteiger partial charge on any atom is -0.344 e. The molecule has 0 saturated heterocycles. The number of anilines is 2. The average Bonchev–Trinajstić information content (AvgIpc) is 3.25. The van der Waals surface area contributed by atoms with E-state index in [2.05, 4.69) is 66.0 Å². The van der Waals surface area contributed by atoms with Crippen molar-refractivity contribution < 1.29 is 0 Å². The van der Waals surface area contributed by atoms with Crippen LogP contribution in [-0.2, 0) is 0 Å². The number of aliphatic imine (C=N–C) groups is 1. The maximum absolute atomic E-state index is 5.01. The van der Waals surface area contributed by atoms with Crippen LogP contribution in [0.2, 0.25) is 0 Å². The Kier molecular flexibility index (Phi) is 5.00. The van der Waals surface area contributed by atoms with Gasteiger partial charge in [0.25, 0.3) is 0 Å². The molecule has 0 radical (unpaired) electrons. The first-order valence-electron chi connectivity index (χ1n) is 10.6. The summed E-state index contributed by atoms with van der Waals surface area (Å²) in [6, 6.07) is 29.0. The molecule has 0 aliphatic carbocycles. The van der Waals surface area contributed by atoms with Crippen LogP contribution < -0.4 is 10.6 Å². The van der Waals surface area contributed by atoms with Crippen molar-refractivity contribution in [1.82, 2.24) is 9.78 Å². The Balaban J connectivity index is 1.57. The lowest BCUT2D eigenvalue weighted by molar-refractivity contribution is 0.787. The fourth-order valence-corrected chi connectivity index (χ4v) is 3.76. The van der Waals surface area contributed by atoms with Gasteiger partial charge in [-0.2, -0.15) is 5.10 Å². The molecule has 31 heavy (non-hydrogen) atoms. The summed E-state index contributed by atoms with van der Waals surface area (Å²) >= 11 is 0. The molecule has 0 fully saturated rings. The summed E-state index contributed by atoms with van der Waals surface area (Å²) in [4.78, 5) is 5.01. The summed E-state index contributed by atoms with van der Waals surface area (Å²) in [5.74, 6) is 2.23. The zero-order valence-electron chi connectivity index (χ0n) is 17.7. The zero-order chi connectivity index (χ0) is 21.2. The molecule has 4 aromatic rings. The number of fused-ring (bicyclic) bond motifs is 1. The molecule has 0 bridgehead atoms. The summed E-state index contributed by atoms with van der Waals surface area (Å²) in [6.45, 7) is 4.41. The summed E-state index contributed by atoms with van der Waals surface area (Å²) in [6.07, 6.45) is 1.65. The first kappa shape index (κ1) is 19.1. The van der Waals surface area contributed by atoms with E-state index < -0.39 is 0 Å². The highest BCUT2D eigenvalue weighted by atomic mass is 15.4. The fraction of sp³-hybridized carbons (Fsp3) is 0.154. The van der Waals surface area contributed by atoms with Crippen LogP contribution in [0.4, 0.5) is 11.5 Å². The van der Waals surface area contributed by atoms with Gasteiger partial charge in [-0.15, -0.1) is 0 Å². The zero-order valence-corrected chi connectivity index (χ0v) is 17.7. The maximum Gasteiger partial charge on any atom is 0.148 e. The fourth-order valence-electron chi connectivity index (χ4n) is 3.76. The Bertz CT molecular complexity index is 1190. The lowest BCUT2D eigenvalue weighted by Gasteiger charge is -2.25. The number of nitrogens with zero attached hydrogens (tertiary/aromatic N) is 3. The molecule has 0 saturated carbocycles. The van der Waals surface area contributed by atoms with Crippen molar-refractivity contribution in [3.8, 4) is 5.69 Å². The number of rotatable bonds is 4. The predicted octanol–water partition coefficient (Wildman–Crippen LogP) is 5.98. The first-order chi connectivity index (χ1) is 15.2. The van der Waals surface area contributed by atoms with E-state index in [1.807, 2.05) is 59.4 Å². The smallest absolute Gasteiger partial charge is 0.148 e. The number of para-hydroxylation sites is 2. The molecule has 0 unspecified atom stereocenters. The Morgan fingerprint density at radius 3 is 2.23 bits per heavy atom. The van der Waals surface area contributed by atoms with Gasteiger partial charge in [-0.25, -0.2) is 9.67 Å². The molecule has 1 aromatic heterocycles. The number of hydrogen-bond acceptors (Lipinski definition) is 4. The molecule has 2 heterocycles. The molecule has 2 N–H and O–H groups in total. The standard InChI is InChI=1S/C26H25N5/c1-18(2)19-13-15-20(16-14-19)24-29-25(28-21-9-5-3-6-10-21)23-17-27-31(26(23)30-24)22-11-7-4-8-12-22/h3-18,24,30H,1-2H3,(H,28,29)/t24-/m1/s1. The molecule has 3 aromatic carbocycles. The van der Waals surface area contributed by atoms with Gasteiger partial charge >= 0.3 is 0 Å². The highest BCUT2D eigenvalue weighted by Gasteiger charge is 2.26. The number of aromatic nitrogens is 2. The minimum atomic E-state index is -0.209. The molecule has 154 valence electrons. The van der Waals surface area contributed by atoms with Crippen LogP contribution in [0.5, 0.6) is 0 Å². The van der Waals surface area contributed by atoms with Crippen molar-refractivity contribution in [3.05, 3.63) is 108 Å². The highest BCUT2D eigenvalue weighted by Crippen LogP contribution is 2.32. The molecular weight excluding hydrogens is 382 g/mol. The van der Waals surface area contributed by atoms with E-state index in [1.54, 1.807) is 0 Å². The molecular formula is C26H25N5. The van der Waals surface area contributed by atoms with Crippen molar-refractivity contribution in [3.63, 3.8) is 0 Å².